The van der Waals surface area contributed by atoms with Gasteiger partial charge in [-0.1, -0.05) is 25.5 Å². The minimum Gasteiger partial charge on any atom is -0.493 e. The molecular formula is C22H35ClN2O2. The molecule has 2 saturated heterocycles. The molecule has 0 spiro atoms. The lowest BCUT2D eigenvalue weighted by Gasteiger charge is -2.38. The molecule has 0 aliphatic carbocycles. The number of hydrogen-bond acceptors (Lipinski definition) is 3. The predicted molar refractivity (Wildman–Crippen MR) is 113 cm³/mol. The minimum absolute atomic E-state index is 0. The van der Waals surface area contributed by atoms with Crippen molar-refractivity contribution in [1.82, 2.24) is 9.80 Å². The van der Waals surface area contributed by atoms with Crippen molar-refractivity contribution >= 4 is 18.3 Å². The van der Waals surface area contributed by atoms with Crippen LogP contribution in [-0.2, 0) is 0 Å². The van der Waals surface area contributed by atoms with Crippen LogP contribution in [0.4, 0.5) is 0 Å². The van der Waals surface area contributed by atoms with Crippen molar-refractivity contribution < 1.29 is 9.53 Å². The van der Waals surface area contributed by atoms with E-state index in [1.807, 2.05) is 24.3 Å². The molecular weight excluding hydrogens is 360 g/mol. The molecule has 3 rings (SSSR count). The van der Waals surface area contributed by atoms with Crippen molar-refractivity contribution in [2.45, 2.75) is 64.3 Å². The van der Waals surface area contributed by atoms with E-state index in [1.165, 1.54) is 38.8 Å². The molecule has 2 heterocycles. The summed E-state index contributed by atoms with van der Waals surface area (Å²) in [7, 11) is 0. The standard InChI is InChI=1S/C22H34N2O2.ClH/c1-2-18-26-21-12-5-4-11-20(21)22(25)24-16-9-6-10-19(24)13-17-23-14-7-3-8-15-23;/h4-5,11-12,19H,2-3,6-10,13-18H2,1H3;1H. The Morgan fingerprint density at radius 1 is 1.07 bits per heavy atom. The van der Waals surface area contributed by atoms with E-state index in [4.69, 9.17) is 4.74 Å². The van der Waals surface area contributed by atoms with Crippen LogP contribution in [0.25, 0.3) is 0 Å². The van der Waals surface area contributed by atoms with Gasteiger partial charge in [-0.3, -0.25) is 4.79 Å². The Hall–Kier alpha value is -1.26. The molecule has 27 heavy (non-hydrogen) atoms. The van der Waals surface area contributed by atoms with Crippen LogP contribution in [0.3, 0.4) is 0 Å². The van der Waals surface area contributed by atoms with E-state index >= 15 is 0 Å². The molecule has 152 valence electrons. The van der Waals surface area contributed by atoms with Crippen molar-refractivity contribution in [2.24, 2.45) is 0 Å². The molecule has 5 heteroatoms. The van der Waals surface area contributed by atoms with Gasteiger partial charge in [0.2, 0.25) is 0 Å². The van der Waals surface area contributed by atoms with Gasteiger partial charge in [0, 0.05) is 19.1 Å². The van der Waals surface area contributed by atoms with Crippen molar-refractivity contribution in [2.75, 3.05) is 32.8 Å². The van der Waals surface area contributed by atoms with Gasteiger partial charge in [0.1, 0.15) is 5.75 Å². The number of hydrogen-bond donors (Lipinski definition) is 0. The van der Waals surface area contributed by atoms with E-state index in [-0.39, 0.29) is 18.3 Å². The fraction of sp³-hybridized carbons (Fsp3) is 0.682. The average Bonchev–Trinajstić information content (AvgIpc) is 2.71. The molecule has 0 aromatic heterocycles. The molecule has 1 amide bonds. The lowest BCUT2D eigenvalue weighted by atomic mass is 9.97. The first kappa shape index (κ1) is 22.0. The van der Waals surface area contributed by atoms with Crippen LogP contribution in [0.1, 0.15) is 68.6 Å². The maximum atomic E-state index is 13.3. The summed E-state index contributed by atoms with van der Waals surface area (Å²) in [6.07, 6.45) is 9.57. The van der Waals surface area contributed by atoms with Crippen LogP contribution in [0.5, 0.6) is 5.75 Å². The fourth-order valence-electron chi connectivity index (χ4n) is 4.22. The number of amides is 1. The highest BCUT2D eigenvalue weighted by molar-refractivity contribution is 5.97. The summed E-state index contributed by atoms with van der Waals surface area (Å²) in [5.74, 6) is 0.889. The molecule has 2 aliphatic rings. The Morgan fingerprint density at radius 3 is 2.59 bits per heavy atom. The van der Waals surface area contributed by atoms with Crippen LogP contribution < -0.4 is 4.74 Å². The molecule has 0 saturated carbocycles. The van der Waals surface area contributed by atoms with Gasteiger partial charge in [-0.25, -0.2) is 0 Å². The first-order valence-corrected chi connectivity index (χ1v) is 10.5. The monoisotopic (exact) mass is 394 g/mol. The number of likely N-dealkylation sites (tertiary alicyclic amines) is 2. The number of benzene rings is 1. The van der Waals surface area contributed by atoms with Crippen molar-refractivity contribution in [1.29, 1.82) is 0 Å². The molecule has 2 fully saturated rings. The first-order chi connectivity index (χ1) is 12.8. The Labute approximate surface area is 170 Å². The molecule has 1 aromatic rings. The summed E-state index contributed by atoms with van der Waals surface area (Å²) in [4.78, 5) is 18.0. The highest BCUT2D eigenvalue weighted by Gasteiger charge is 2.29. The third-order valence-corrected chi connectivity index (χ3v) is 5.69. The van der Waals surface area contributed by atoms with Gasteiger partial charge in [-0.2, -0.15) is 0 Å². The Morgan fingerprint density at radius 2 is 1.81 bits per heavy atom. The quantitative estimate of drug-likeness (QED) is 0.667. The second-order valence-electron chi connectivity index (χ2n) is 7.68. The highest BCUT2D eigenvalue weighted by Crippen LogP contribution is 2.26. The second kappa shape index (κ2) is 11.6. The van der Waals surface area contributed by atoms with Gasteiger partial charge in [-0.15, -0.1) is 12.4 Å². The van der Waals surface area contributed by atoms with E-state index < -0.39 is 0 Å². The van der Waals surface area contributed by atoms with E-state index in [1.54, 1.807) is 0 Å². The van der Waals surface area contributed by atoms with Crippen molar-refractivity contribution in [3.8, 4) is 5.75 Å². The van der Waals surface area contributed by atoms with Gasteiger partial charge in [0.15, 0.2) is 0 Å². The van der Waals surface area contributed by atoms with Gasteiger partial charge >= 0.3 is 0 Å². The number of halogens is 1. The number of ether oxygens (including phenoxy) is 1. The molecule has 0 bridgehead atoms. The summed E-state index contributed by atoms with van der Waals surface area (Å²) >= 11 is 0. The SMILES string of the molecule is CCCOc1ccccc1C(=O)N1CCCCC1CCN1CCCCC1.Cl. The Balaban J connectivity index is 0.00000261. The molecule has 1 unspecified atom stereocenters. The summed E-state index contributed by atoms with van der Waals surface area (Å²) in [5, 5.41) is 0. The molecule has 1 atom stereocenters. The first-order valence-electron chi connectivity index (χ1n) is 10.5. The molecule has 0 N–H and O–H groups in total. The van der Waals surface area contributed by atoms with Crippen LogP contribution in [0, 0.1) is 0 Å². The summed E-state index contributed by atoms with van der Waals surface area (Å²) in [6.45, 7) is 7.21. The summed E-state index contributed by atoms with van der Waals surface area (Å²) < 4.78 is 5.83. The van der Waals surface area contributed by atoms with E-state index in [0.717, 1.165) is 50.1 Å². The molecule has 1 aromatic carbocycles. The molecule has 0 radical (unpaired) electrons. The lowest BCUT2D eigenvalue weighted by Crippen LogP contribution is -2.45. The van der Waals surface area contributed by atoms with Crippen LogP contribution in [0.2, 0.25) is 0 Å². The zero-order valence-electron chi connectivity index (χ0n) is 16.7. The largest absolute Gasteiger partial charge is 0.493 e. The normalized spacial score (nSPS) is 20.8. The number of carbonyl (C=O) groups excluding carboxylic acids is 1. The fourth-order valence-corrected chi connectivity index (χ4v) is 4.22. The average molecular weight is 395 g/mol. The Bertz CT molecular complexity index is 575. The van der Waals surface area contributed by atoms with E-state index in [0.29, 0.717) is 12.6 Å². The summed E-state index contributed by atoms with van der Waals surface area (Å²) in [6, 6.07) is 8.11. The molecule has 2 aliphatic heterocycles. The smallest absolute Gasteiger partial charge is 0.257 e. The van der Waals surface area contributed by atoms with Crippen molar-refractivity contribution in [3.05, 3.63) is 29.8 Å². The van der Waals surface area contributed by atoms with Gasteiger partial charge in [0.25, 0.3) is 5.91 Å². The van der Waals surface area contributed by atoms with Crippen molar-refractivity contribution in [3.63, 3.8) is 0 Å². The third-order valence-electron chi connectivity index (χ3n) is 5.69. The predicted octanol–water partition coefficient (Wildman–Crippen LogP) is 4.77. The summed E-state index contributed by atoms with van der Waals surface area (Å²) in [5.41, 5.74) is 0.728. The second-order valence-corrected chi connectivity index (χ2v) is 7.68. The lowest BCUT2D eigenvalue weighted by molar-refractivity contribution is 0.0575. The number of rotatable bonds is 7. The number of carbonyl (C=O) groups is 1. The van der Waals surface area contributed by atoms with Crippen LogP contribution >= 0.6 is 12.4 Å². The number of nitrogens with zero attached hydrogens (tertiary/aromatic N) is 2. The van der Waals surface area contributed by atoms with Crippen LogP contribution in [0.15, 0.2) is 24.3 Å². The molecule has 4 nitrogen and oxygen atoms in total. The third kappa shape index (κ3) is 6.11. The van der Waals surface area contributed by atoms with Gasteiger partial charge < -0.3 is 14.5 Å². The Kier molecular flexibility index (Phi) is 9.43. The number of piperidine rings is 2. The minimum atomic E-state index is 0. The maximum absolute atomic E-state index is 13.3. The van der Waals surface area contributed by atoms with Gasteiger partial charge in [-0.05, 0) is 70.2 Å². The zero-order chi connectivity index (χ0) is 18.2. The highest BCUT2D eigenvalue weighted by atomic mass is 35.5. The topological polar surface area (TPSA) is 32.8 Å². The van der Waals surface area contributed by atoms with E-state index in [2.05, 4.69) is 16.7 Å². The number of para-hydroxylation sites is 1. The van der Waals surface area contributed by atoms with Crippen LogP contribution in [-0.4, -0.2) is 54.5 Å². The van der Waals surface area contributed by atoms with E-state index in [9.17, 15) is 4.79 Å². The zero-order valence-corrected chi connectivity index (χ0v) is 17.5. The van der Waals surface area contributed by atoms with Gasteiger partial charge in [0.05, 0.1) is 12.2 Å². The maximum Gasteiger partial charge on any atom is 0.257 e.